The van der Waals surface area contributed by atoms with E-state index in [1.54, 1.807) is 0 Å². The van der Waals surface area contributed by atoms with Gasteiger partial charge in [-0.25, -0.2) is 0 Å². The van der Waals surface area contributed by atoms with Gasteiger partial charge in [0, 0.05) is 43.1 Å². The van der Waals surface area contributed by atoms with Crippen molar-refractivity contribution < 1.29 is 35.1 Å². The summed E-state index contributed by atoms with van der Waals surface area (Å²) in [6.45, 7) is 0. The van der Waals surface area contributed by atoms with Crippen LogP contribution < -0.4 is 0 Å². The van der Waals surface area contributed by atoms with Gasteiger partial charge in [-0.05, 0) is 35.0 Å². The lowest BCUT2D eigenvalue weighted by molar-refractivity contribution is -0.227. The lowest BCUT2D eigenvalue weighted by Crippen LogP contribution is -2.39. The van der Waals surface area contributed by atoms with Crippen molar-refractivity contribution in [3.8, 4) is 20.9 Å². The Hall–Kier alpha value is -2.72. The maximum atomic E-state index is 15.6. The number of alkyl halides is 8. The third kappa shape index (κ3) is 3.07. The first-order valence-electron chi connectivity index (χ1n) is 9.78. The van der Waals surface area contributed by atoms with Gasteiger partial charge in [0.2, 0.25) is 0 Å². The molecule has 0 fully saturated rings. The van der Waals surface area contributed by atoms with Crippen LogP contribution in [0.1, 0.15) is 22.3 Å². The monoisotopic (exact) mass is 516 g/mol. The normalized spacial score (nSPS) is 19.5. The summed E-state index contributed by atoms with van der Waals surface area (Å²) in [5, 5.41) is 2.87. The molecule has 4 aliphatic carbocycles. The summed E-state index contributed by atoms with van der Waals surface area (Å²) in [5.41, 5.74) is -6.29. The topological polar surface area (TPSA) is 0 Å². The molecule has 0 spiro atoms. The predicted octanol–water partition coefficient (Wildman–Crippen LogP) is 9.22. The van der Waals surface area contributed by atoms with Gasteiger partial charge in [-0.3, -0.25) is 0 Å². The molecule has 0 atom stereocenters. The summed E-state index contributed by atoms with van der Waals surface area (Å²) in [4.78, 5) is -0.0632. The number of thiophene rings is 2. The van der Waals surface area contributed by atoms with E-state index >= 15 is 35.1 Å². The molecule has 10 heteroatoms. The van der Waals surface area contributed by atoms with Crippen LogP contribution in [0.5, 0.6) is 0 Å². The van der Waals surface area contributed by atoms with Gasteiger partial charge in [0.15, 0.2) is 0 Å². The Bertz CT molecular complexity index is 1250. The van der Waals surface area contributed by atoms with E-state index in [0.29, 0.717) is 36.4 Å². The van der Waals surface area contributed by atoms with Crippen molar-refractivity contribution in [2.24, 2.45) is 0 Å². The molecular formula is C24H12F8S2. The third-order valence-corrected chi connectivity index (χ3v) is 7.61. The molecule has 0 unspecified atom stereocenters. The number of rotatable bonds is 2. The highest BCUT2D eigenvalue weighted by Gasteiger charge is 2.63. The zero-order chi connectivity index (χ0) is 24.5. The zero-order valence-electron chi connectivity index (χ0n) is 16.8. The molecule has 0 aliphatic heterocycles. The van der Waals surface area contributed by atoms with Crippen molar-refractivity contribution in [2.45, 2.75) is 23.7 Å². The van der Waals surface area contributed by atoms with Crippen molar-refractivity contribution in [2.75, 3.05) is 0 Å². The lowest BCUT2D eigenvalue weighted by Gasteiger charge is -2.33. The molecule has 4 aliphatic rings. The van der Waals surface area contributed by atoms with E-state index in [0.717, 1.165) is 22.7 Å². The standard InChI is InChI=1S/C24H12F8S2/c25-21(26)13-5-7-17(15(11-13)19-3-1-9-33-19)23(29,30)24(31,32)18-8-6-14(22(21,27)28)12-16(18)20-4-2-10-34-20/h1-12H. The molecule has 4 bridgehead atoms. The minimum atomic E-state index is -4.85. The number of benzene rings is 2. The Morgan fingerprint density at radius 2 is 0.853 bits per heavy atom. The highest BCUT2D eigenvalue weighted by Crippen LogP contribution is 2.58. The first-order valence-corrected chi connectivity index (χ1v) is 11.5. The van der Waals surface area contributed by atoms with E-state index in [-0.39, 0.29) is 9.75 Å². The molecule has 2 heterocycles. The van der Waals surface area contributed by atoms with Gasteiger partial charge in [-0.15, -0.1) is 22.7 Å². The van der Waals surface area contributed by atoms with Gasteiger partial charge >= 0.3 is 23.7 Å². The Balaban J connectivity index is 1.92. The first kappa shape index (κ1) is 23.0. The molecule has 0 amide bonds. The fraction of sp³-hybridized carbons (Fsp3) is 0.167. The van der Waals surface area contributed by atoms with Gasteiger partial charge in [-0.2, -0.15) is 35.1 Å². The molecule has 4 aromatic rings. The van der Waals surface area contributed by atoms with E-state index in [4.69, 9.17) is 0 Å². The van der Waals surface area contributed by atoms with E-state index < -0.39 is 57.1 Å². The second kappa shape index (κ2) is 7.39. The predicted molar refractivity (Wildman–Crippen MR) is 115 cm³/mol. The summed E-state index contributed by atoms with van der Waals surface area (Å²) < 4.78 is 123. The van der Waals surface area contributed by atoms with Gasteiger partial charge in [0.25, 0.3) is 0 Å². The van der Waals surface area contributed by atoms with E-state index in [1.165, 1.54) is 35.0 Å². The van der Waals surface area contributed by atoms with Crippen LogP contribution in [0, 0.1) is 0 Å². The number of halogens is 8. The van der Waals surface area contributed by atoms with Crippen LogP contribution >= 0.6 is 22.7 Å². The Labute approximate surface area is 196 Å². The highest BCUT2D eigenvalue weighted by molar-refractivity contribution is 7.13. The van der Waals surface area contributed by atoms with Crippen LogP contribution in [0.4, 0.5) is 35.1 Å². The Morgan fingerprint density at radius 3 is 1.18 bits per heavy atom. The zero-order valence-corrected chi connectivity index (χ0v) is 18.4. The van der Waals surface area contributed by atoms with Crippen LogP contribution in [0.25, 0.3) is 20.9 Å². The van der Waals surface area contributed by atoms with Gasteiger partial charge in [-0.1, -0.05) is 36.4 Å². The average Bonchev–Trinajstić information content (AvgIpc) is 3.51. The molecule has 0 nitrogen and oxygen atoms in total. The average molecular weight is 516 g/mol. The van der Waals surface area contributed by atoms with Crippen molar-refractivity contribution in [3.05, 3.63) is 93.7 Å². The van der Waals surface area contributed by atoms with Crippen LogP contribution in [-0.2, 0) is 23.7 Å². The lowest BCUT2D eigenvalue weighted by atomic mass is 9.84. The van der Waals surface area contributed by atoms with Gasteiger partial charge in [0.1, 0.15) is 0 Å². The molecule has 2 aromatic carbocycles. The molecule has 8 rings (SSSR count). The van der Waals surface area contributed by atoms with Crippen molar-refractivity contribution in [1.82, 2.24) is 0 Å². The maximum Gasteiger partial charge on any atom is 0.340 e. The fourth-order valence-corrected chi connectivity index (χ4v) is 5.51. The Kier molecular flexibility index (Phi) is 5.01. The summed E-state index contributed by atoms with van der Waals surface area (Å²) in [6.07, 6.45) is 0. The summed E-state index contributed by atoms with van der Waals surface area (Å²) in [7, 11) is 0. The molecule has 0 N–H and O–H groups in total. The molecule has 0 radical (unpaired) electrons. The number of hydrogen-bond acceptors (Lipinski definition) is 2. The highest BCUT2D eigenvalue weighted by atomic mass is 32.1. The minimum Gasteiger partial charge on any atom is -0.194 e. The van der Waals surface area contributed by atoms with Crippen molar-refractivity contribution in [3.63, 3.8) is 0 Å². The SMILES string of the molecule is FC1(F)c2ccc(c(-c3cccs3)c2)C(F)(F)C(F)(F)c2ccc(cc2-c2cccs2)C1(F)F. The Morgan fingerprint density at radius 1 is 0.471 bits per heavy atom. The fourth-order valence-electron chi connectivity index (χ4n) is 4.00. The second-order valence-corrected chi connectivity index (χ2v) is 9.67. The van der Waals surface area contributed by atoms with E-state index in [9.17, 15) is 0 Å². The van der Waals surface area contributed by atoms with Gasteiger partial charge < -0.3 is 0 Å². The summed E-state index contributed by atoms with van der Waals surface area (Å²) in [6, 6.07) is 7.77. The first-order chi connectivity index (χ1) is 15.9. The van der Waals surface area contributed by atoms with Crippen LogP contribution in [0.3, 0.4) is 0 Å². The molecule has 0 saturated carbocycles. The molecule has 176 valence electrons. The molecule has 34 heavy (non-hydrogen) atoms. The molecular weight excluding hydrogens is 504 g/mol. The second-order valence-electron chi connectivity index (χ2n) is 7.77. The maximum absolute atomic E-state index is 15.6. The van der Waals surface area contributed by atoms with Crippen LogP contribution in [-0.4, -0.2) is 0 Å². The van der Waals surface area contributed by atoms with E-state index in [2.05, 4.69) is 0 Å². The van der Waals surface area contributed by atoms with Gasteiger partial charge in [0.05, 0.1) is 0 Å². The molecule has 0 saturated heterocycles. The molecule has 2 aromatic heterocycles. The quantitative estimate of drug-likeness (QED) is 0.233. The largest absolute Gasteiger partial charge is 0.340 e. The number of hydrogen-bond donors (Lipinski definition) is 0. The van der Waals surface area contributed by atoms with Crippen molar-refractivity contribution >= 4 is 22.7 Å². The summed E-state index contributed by atoms with van der Waals surface area (Å²) in [5.74, 6) is -19.3. The van der Waals surface area contributed by atoms with Crippen molar-refractivity contribution in [1.29, 1.82) is 0 Å². The summed E-state index contributed by atoms with van der Waals surface area (Å²) >= 11 is 1.68. The van der Waals surface area contributed by atoms with Crippen LogP contribution in [0.2, 0.25) is 0 Å². The van der Waals surface area contributed by atoms with E-state index in [1.807, 2.05) is 0 Å². The minimum absolute atomic E-state index is 0.0316. The van der Waals surface area contributed by atoms with Crippen LogP contribution in [0.15, 0.2) is 71.4 Å². The smallest absolute Gasteiger partial charge is 0.194 e. The third-order valence-electron chi connectivity index (χ3n) is 5.80.